The van der Waals surface area contributed by atoms with Crippen LogP contribution < -0.4 is 11.1 Å². The molecule has 5 rings (SSSR count). The average Bonchev–Trinajstić information content (AvgIpc) is 3.21. The van der Waals surface area contributed by atoms with Crippen LogP contribution in [0.4, 0.5) is 4.79 Å². The zero-order valence-corrected chi connectivity index (χ0v) is 21.3. The number of carbonyl (C=O) groups is 2. The second-order valence-corrected chi connectivity index (χ2v) is 9.69. The van der Waals surface area contributed by atoms with E-state index in [4.69, 9.17) is 17.3 Å². The molecule has 3 heterocycles. The Kier molecular flexibility index (Phi) is 7.08. The molecule has 0 aliphatic carbocycles. The van der Waals surface area contributed by atoms with Crippen LogP contribution in [0.2, 0.25) is 5.15 Å². The summed E-state index contributed by atoms with van der Waals surface area (Å²) in [6.07, 6.45) is 6.63. The van der Waals surface area contributed by atoms with E-state index in [0.717, 1.165) is 35.3 Å². The van der Waals surface area contributed by atoms with Crippen LogP contribution in [0, 0.1) is 6.92 Å². The van der Waals surface area contributed by atoms with Crippen molar-refractivity contribution < 1.29 is 9.59 Å². The molecule has 0 saturated carbocycles. The Morgan fingerprint density at radius 1 is 1.14 bits per heavy atom. The van der Waals surface area contributed by atoms with Gasteiger partial charge in [0.1, 0.15) is 5.15 Å². The van der Waals surface area contributed by atoms with Gasteiger partial charge in [-0.1, -0.05) is 59.6 Å². The fraction of sp³-hybridized carbons (Fsp3) is 0.207. The summed E-state index contributed by atoms with van der Waals surface area (Å²) in [5, 5.41) is 4.31. The summed E-state index contributed by atoms with van der Waals surface area (Å²) in [7, 11) is 0. The Labute approximate surface area is 220 Å². The molecule has 37 heavy (non-hydrogen) atoms. The van der Waals surface area contributed by atoms with Gasteiger partial charge in [-0.25, -0.2) is 9.78 Å². The van der Waals surface area contributed by atoms with E-state index in [1.807, 2.05) is 12.1 Å². The van der Waals surface area contributed by atoms with Crippen LogP contribution in [0.25, 0.3) is 17.0 Å². The molecule has 1 aliphatic rings. The number of aryl methyl sites for hydroxylation is 1. The van der Waals surface area contributed by atoms with Crippen LogP contribution in [0.15, 0.2) is 66.9 Å². The summed E-state index contributed by atoms with van der Waals surface area (Å²) < 4.78 is 1.69. The van der Waals surface area contributed by atoms with Crippen molar-refractivity contribution >= 4 is 40.5 Å². The molecule has 0 spiro atoms. The van der Waals surface area contributed by atoms with Crippen LogP contribution in [-0.4, -0.2) is 39.5 Å². The summed E-state index contributed by atoms with van der Waals surface area (Å²) in [6.45, 7) is 4.71. The number of amides is 2. The lowest BCUT2D eigenvalue weighted by Crippen LogP contribution is -2.34. The topological polar surface area (TPSA) is 93.2 Å². The number of hydrogen-bond donors (Lipinski definition) is 2. The van der Waals surface area contributed by atoms with Crippen molar-refractivity contribution in [1.82, 2.24) is 19.8 Å². The number of nitrogens with one attached hydrogen (secondary N) is 1. The fourth-order valence-corrected chi connectivity index (χ4v) is 4.98. The molecule has 4 aromatic rings. The molecule has 0 bridgehead atoms. The first-order valence-corrected chi connectivity index (χ1v) is 12.6. The smallest absolute Gasteiger partial charge is 0.326 e. The van der Waals surface area contributed by atoms with Crippen molar-refractivity contribution in [3.8, 4) is 0 Å². The van der Waals surface area contributed by atoms with Crippen molar-refractivity contribution in [3.05, 3.63) is 106 Å². The van der Waals surface area contributed by atoms with Crippen molar-refractivity contribution in [3.63, 3.8) is 0 Å². The lowest BCUT2D eigenvalue weighted by Gasteiger charge is -2.27. The van der Waals surface area contributed by atoms with Gasteiger partial charge in [-0.3, -0.25) is 14.3 Å². The number of nitrogens with zero attached hydrogens (tertiary/aromatic N) is 3. The van der Waals surface area contributed by atoms with Gasteiger partial charge in [0.15, 0.2) is 0 Å². The fourth-order valence-electron chi connectivity index (χ4n) is 4.78. The number of pyridine rings is 1. The molecule has 0 atom stereocenters. The average molecular weight is 514 g/mol. The molecule has 0 radical (unpaired) electrons. The lowest BCUT2D eigenvalue weighted by molar-refractivity contribution is 0.100. The molecule has 2 aromatic carbocycles. The number of aromatic nitrogens is 2. The molecule has 2 aromatic heterocycles. The molecule has 1 aliphatic heterocycles. The van der Waals surface area contributed by atoms with E-state index in [1.54, 1.807) is 29.0 Å². The highest BCUT2D eigenvalue weighted by Crippen LogP contribution is 2.31. The number of nitrogens with two attached hydrogens (primary N) is 1. The predicted molar refractivity (Wildman–Crippen MR) is 147 cm³/mol. The minimum atomic E-state index is -0.526. The maximum atomic E-state index is 13.4. The Balaban J connectivity index is 1.41. The van der Waals surface area contributed by atoms with E-state index in [1.165, 1.54) is 11.1 Å². The van der Waals surface area contributed by atoms with E-state index >= 15 is 0 Å². The molecule has 0 fully saturated rings. The summed E-state index contributed by atoms with van der Waals surface area (Å²) >= 11 is 5.99. The Hall–Kier alpha value is -3.94. The SMILES string of the molecule is Cc1ccc(/C=C/CN2CCc3c(c4ccc(C(N)=O)cc4n3C(=O)NCc3ccnc(Cl)c3)C2)cc1. The van der Waals surface area contributed by atoms with E-state index in [-0.39, 0.29) is 6.03 Å². The molecule has 3 N–H and O–H groups in total. The van der Waals surface area contributed by atoms with Gasteiger partial charge in [-0.15, -0.1) is 0 Å². The maximum Gasteiger partial charge on any atom is 0.326 e. The van der Waals surface area contributed by atoms with Crippen LogP contribution in [0.5, 0.6) is 0 Å². The van der Waals surface area contributed by atoms with Crippen molar-refractivity contribution in [1.29, 1.82) is 0 Å². The summed E-state index contributed by atoms with van der Waals surface area (Å²) in [4.78, 5) is 31.7. The number of hydrogen-bond acceptors (Lipinski definition) is 4. The Morgan fingerprint density at radius 3 is 2.70 bits per heavy atom. The van der Waals surface area contributed by atoms with Crippen LogP contribution in [0.1, 0.15) is 38.3 Å². The highest BCUT2D eigenvalue weighted by Gasteiger charge is 2.26. The highest BCUT2D eigenvalue weighted by molar-refractivity contribution is 6.29. The highest BCUT2D eigenvalue weighted by atomic mass is 35.5. The number of fused-ring (bicyclic) bond motifs is 3. The number of halogens is 1. The van der Waals surface area contributed by atoms with Crippen molar-refractivity contribution in [2.24, 2.45) is 5.73 Å². The molecule has 0 unspecified atom stereocenters. The van der Waals surface area contributed by atoms with Crippen LogP contribution in [-0.2, 0) is 19.5 Å². The van der Waals surface area contributed by atoms with Gasteiger partial charge < -0.3 is 11.1 Å². The van der Waals surface area contributed by atoms with E-state index in [2.05, 4.69) is 58.5 Å². The number of carbonyl (C=O) groups excluding carboxylic acids is 2. The van der Waals surface area contributed by atoms with E-state index < -0.39 is 5.91 Å². The largest absolute Gasteiger partial charge is 0.366 e. The number of rotatable bonds is 6. The normalized spacial score (nSPS) is 13.7. The molecule has 2 amide bonds. The third-order valence-electron chi connectivity index (χ3n) is 6.70. The van der Waals surface area contributed by atoms with Gasteiger partial charge >= 0.3 is 6.03 Å². The van der Waals surface area contributed by atoms with Crippen molar-refractivity contribution in [2.45, 2.75) is 26.4 Å². The molecule has 8 heteroatoms. The van der Waals surface area contributed by atoms with Crippen LogP contribution in [0.3, 0.4) is 0 Å². The first-order valence-electron chi connectivity index (χ1n) is 12.2. The van der Waals surface area contributed by atoms with Gasteiger partial charge in [-0.05, 0) is 47.9 Å². The van der Waals surface area contributed by atoms with Crippen molar-refractivity contribution in [2.75, 3.05) is 13.1 Å². The molecular formula is C29H28ClN5O2. The van der Waals surface area contributed by atoms with E-state index in [0.29, 0.717) is 35.7 Å². The quantitative estimate of drug-likeness (QED) is 0.358. The second-order valence-electron chi connectivity index (χ2n) is 9.30. The maximum absolute atomic E-state index is 13.4. The zero-order valence-electron chi connectivity index (χ0n) is 20.6. The molecule has 7 nitrogen and oxygen atoms in total. The standard InChI is InChI=1S/C29H28ClN5O2/c1-19-4-6-20(7-5-19)3-2-13-34-14-11-25-24(18-34)23-9-8-22(28(31)36)16-26(23)35(25)29(37)33-17-21-10-12-32-27(30)15-21/h2-10,12,15-16H,11,13-14,17-18H2,1H3,(H2,31,36)(H,33,37)/b3-2+. The summed E-state index contributed by atoms with van der Waals surface area (Å²) in [6, 6.07) is 17.0. The molecule has 0 saturated heterocycles. The van der Waals surface area contributed by atoms with Gasteiger partial charge in [0.05, 0.1) is 5.52 Å². The molecular weight excluding hydrogens is 486 g/mol. The van der Waals surface area contributed by atoms with Gasteiger partial charge in [0.25, 0.3) is 0 Å². The Morgan fingerprint density at radius 2 is 1.95 bits per heavy atom. The number of benzene rings is 2. The van der Waals surface area contributed by atoms with Gasteiger partial charge in [0, 0.05) is 55.4 Å². The minimum Gasteiger partial charge on any atom is -0.366 e. The third kappa shape index (κ3) is 5.43. The zero-order chi connectivity index (χ0) is 25.9. The summed E-state index contributed by atoms with van der Waals surface area (Å²) in [5.41, 5.74) is 11.9. The lowest BCUT2D eigenvalue weighted by atomic mass is 10.0. The minimum absolute atomic E-state index is 0.256. The first kappa shape index (κ1) is 24.7. The predicted octanol–water partition coefficient (Wildman–Crippen LogP) is 4.93. The second kappa shape index (κ2) is 10.6. The third-order valence-corrected chi connectivity index (χ3v) is 6.91. The van der Waals surface area contributed by atoms with E-state index in [9.17, 15) is 9.59 Å². The van der Waals surface area contributed by atoms with Gasteiger partial charge in [-0.2, -0.15) is 0 Å². The first-order chi connectivity index (χ1) is 17.9. The van der Waals surface area contributed by atoms with Crippen LogP contribution >= 0.6 is 11.6 Å². The monoisotopic (exact) mass is 513 g/mol. The number of primary amides is 1. The Bertz CT molecular complexity index is 1510. The van der Waals surface area contributed by atoms with Gasteiger partial charge in [0.2, 0.25) is 5.91 Å². The summed E-state index contributed by atoms with van der Waals surface area (Å²) in [5.74, 6) is -0.526. The molecule has 188 valence electrons.